The van der Waals surface area contributed by atoms with E-state index >= 15 is 0 Å². The fraction of sp³-hybridized carbons (Fsp3) is 0.550. The first-order valence-corrected chi connectivity index (χ1v) is 9.65. The van der Waals surface area contributed by atoms with E-state index in [-0.39, 0.29) is 0 Å². The zero-order valence-corrected chi connectivity index (χ0v) is 15.1. The van der Waals surface area contributed by atoms with Crippen LogP contribution in [0.5, 0.6) is 0 Å². The van der Waals surface area contributed by atoms with Crippen molar-refractivity contribution in [2.24, 2.45) is 5.92 Å². The number of fused-ring (bicyclic) bond motifs is 1. The zero-order chi connectivity index (χ0) is 17.1. The van der Waals surface area contributed by atoms with Gasteiger partial charge in [0.15, 0.2) is 5.82 Å². The van der Waals surface area contributed by atoms with Crippen LogP contribution in [0, 0.1) is 12.8 Å². The summed E-state index contributed by atoms with van der Waals surface area (Å²) in [6.07, 6.45) is 13.9. The van der Waals surface area contributed by atoms with Gasteiger partial charge in [-0.25, -0.2) is 0 Å². The van der Waals surface area contributed by atoms with Crippen LogP contribution < -0.4 is 4.48 Å². The number of H-pyrrole nitrogens is 1. The van der Waals surface area contributed by atoms with Crippen molar-refractivity contribution < 1.29 is 0 Å². The Hall–Kier alpha value is -2.01. The molecular formula is C20H28N5+. The molecule has 0 amide bonds. The fourth-order valence-corrected chi connectivity index (χ4v) is 4.61. The first-order valence-electron chi connectivity index (χ1n) is 9.65. The monoisotopic (exact) mass is 338 g/mol. The molecule has 4 rings (SSSR count). The van der Waals surface area contributed by atoms with Crippen molar-refractivity contribution in [3.05, 3.63) is 41.4 Å². The van der Waals surface area contributed by atoms with Crippen LogP contribution in [-0.2, 0) is 6.42 Å². The minimum Gasteiger partial charge on any atom is -0.264 e. The molecule has 0 radical (unpaired) electrons. The summed E-state index contributed by atoms with van der Waals surface area (Å²) in [6.45, 7) is 4.42. The van der Waals surface area contributed by atoms with Crippen molar-refractivity contribution in [3.63, 3.8) is 0 Å². The fourth-order valence-electron chi connectivity index (χ4n) is 4.61. The maximum Gasteiger partial charge on any atom is 0.180 e. The zero-order valence-electron chi connectivity index (χ0n) is 15.1. The molecule has 5 nitrogen and oxygen atoms in total. The third-order valence-electron chi connectivity index (χ3n) is 5.99. The normalized spacial score (nSPS) is 23.6. The van der Waals surface area contributed by atoms with Crippen LogP contribution in [-0.4, -0.2) is 33.7 Å². The summed E-state index contributed by atoms with van der Waals surface area (Å²) >= 11 is 0. The Morgan fingerprint density at radius 1 is 1.16 bits per heavy atom. The van der Waals surface area contributed by atoms with Gasteiger partial charge in [-0.3, -0.25) is 4.48 Å². The van der Waals surface area contributed by atoms with Crippen molar-refractivity contribution in [3.8, 4) is 0 Å². The average molecular weight is 338 g/mol. The number of benzene rings is 1. The van der Waals surface area contributed by atoms with Crippen LogP contribution in [0.15, 0.2) is 24.4 Å². The predicted octanol–water partition coefficient (Wildman–Crippen LogP) is 4.01. The first-order chi connectivity index (χ1) is 12.3. The molecule has 0 bridgehead atoms. The van der Waals surface area contributed by atoms with Crippen LogP contribution in [0.1, 0.15) is 55.5 Å². The molecule has 1 atom stereocenters. The Kier molecular flexibility index (Phi) is 4.66. The van der Waals surface area contributed by atoms with Crippen molar-refractivity contribution in [2.45, 2.75) is 51.9 Å². The van der Waals surface area contributed by atoms with E-state index < -0.39 is 0 Å². The summed E-state index contributed by atoms with van der Waals surface area (Å²) in [5.41, 5.74) is 4.23. The SMILES string of the molecule is Cc1cccc2c1C=C[N+]2(CCc1nn[nH]n1)CC1CCCCCC1. The Balaban J connectivity index is 1.62. The molecule has 2 aromatic rings. The van der Waals surface area contributed by atoms with Gasteiger partial charge in [0.1, 0.15) is 11.9 Å². The minimum absolute atomic E-state index is 0.809. The molecule has 2 aliphatic rings. The largest absolute Gasteiger partial charge is 0.264 e. The lowest BCUT2D eigenvalue weighted by Gasteiger charge is -2.35. The van der Waals surface area contributed by atoms with Gasteiger partial charge in [0.2, 0.25) is 0 Å². The van der Waals surface area contributed by atoms with Gasteiger partial charge in [0.05, 0.1) is 19.5 Å². The molecular weight excluding hydrogens is 310 g/mol. The van der Waals surface area contributed by atoms with Gasteiger partial charge in [-0.2, -0.15) is 5.21 Å². The molecule has 1 aromatic carbocycles. The number of nitrogens with zero attached hydrogens (tertiary/aromatic N) is 4. The number of aromatic amines is 1. The van der Waals surface area contributed by atoms with E-state index in [1.165, 1.54) is 61.9 Å². The molecule has 2 heterocycles. The molecule has 1 saturated carbocycles. The lowest BCUT2D eigenvalue weighted by atomic mass is 9.97. The van der Waals surface area contributed by atoms with E-state index in [0.29, 0.717) is 0 Å². The van der Waals surface area contributed by atoms with Crippen LogP contribution in [0.4, 0.5) is 5.69 Å². The molecule has 25 heavy (non-hydrogen) atoms. The Bertz CT molecular complexity index is 729. The van der Waals surface area contributed by atoms with Gasteiger partial charge in [-0.1, -0.05) is 43.0 Å². The van der Waals surface area contributed by atoms with E-state index in [4.69, 9.17) is 0 Å². The second kappa shape index (κ2) is 7.08. The van der Waals surface area contributed by atoms with Crippen molar-refractivity contribution >= 4 is 11.8 Å². The number of hydrogen-bond donors (Lipinski definition) is 1. The quantitative estimate of drug-likeness (QED) is 0.662. The van der Waals surface area contributed by atoms with E-state index in [9.17, 15) is 0 Å². The molecule has 1 fully saturated rings. The maximum absolute atomic E-state index is 4.16. The van der Waals surface area contributed by atoms with Gasteiger partial charge in [-0.15, -0.1) is 10.2 Å². The first kappa shape index (κ1) is 16.5. The minimum atomic E-state index is 0.809. The van der Waals surface area contributed by atoms with Crippen molar-refractivity contribution in [1.82, 2.24) is 25.1 Å². The van der Waals surface area contributed by atoms with E-state index in [1.807, 2.05) is 0 Å². The Labute approximate surface area is 149 Å². The van der Waals surface area contributed by atoms with E-state index in [2.05, 4.69) is 58.0 Å². The van der Waals surface area contributed by atoms with Gasteiger partial charge in [0.25, 0.3) is 0 Å². The van der Waals surface area contributed by atoms with Gasteiger partial charge < -0.3 is 0 Å². The third kappa shape index (κ3) is 3.38. The van der Waals surface area contributed by atoms with E-state index in [1.54, 1.807) is 0 Å². The summed E-state index contributed by atoms with van der Waals surface area (Å²) in [5, 5.41) is 14.6. The highest BCUT2D eigenvalue weighted by molar-refractivity contribution is 5.75. The highest BCUT2D eigenvalue weighted by Crippen LogP contribution is 2.40. The summed E-state index contributed by atoms with van der Waals surface area (Å²) in [7, 11) is 0. The lowest BCUT2D eigenvalue weighted by molar-refractivity contribution is 0.290. The summed E-state index contributed by atoms with van der Waals surface area (Å²) in [5.74, 6) is 1.62. The molecule has 1 aliphatic carbocycles. The van der Waals surface area contributed by atoms with Crippen LogP contribution >= 0.6 is 0 Å². The van der Waals surface area contributed by atoms with Gasteiger partial charge >= 0.3 is 0 Å². The van der Waals surface area contributed by atoms with Crippen molar-refractivity contribution in [1.29, 1.82) is 0 Å². The summed E-state index contributed by atoms with van der Waals surface area (Å²) in [6, 6.07) is 6.73. The highest BCUT2D eigenvalue weighted by Gasteiger charge is 2.37. The smallest absolute Gasteiger partial charge is 0.180 e. The van der Waals surface area contributed by atoms with Gasteiger partial charge in [0, 0.05) is 23.6 Å². The number of hydrogen-bond acceptors (Lipinski definition) is 3. The summed E-state index contributed by atoms with van der Waals surface area (Å²) in [4.78, 5) is 0. The predicted molar refractivity (Wildman–Crippen MR) is 101 cm³/mol. The van der Waals surface area contributed by atoms with Gasteiger partial charge in [-0.05, 0) is 25.3 Å². The average Bonchev–Trinajstić information content (AvgIpc) is 3.18. The number of nitrogens with one attached hydrogen (secondary N) is 1. The third-order valence-corrected chi connectivity index (χ3v) is 5.99. The molecule has 5 heteroatoms. The topological polar surface area (TPSA) is 54.5 Å². The number of quaternary nitrogens is 1. The molecule has 1 aliphatic heterocycles. The number of aromatic nitrogens is 4. The maximum atomic E-state index is 4.16. The molecule has 1 unspecified atom stereocenters. The Morgan fingerprint density at radius 3 is 2.76 bits per heavy atom. The molecule has 0 saturated heterocycles. The second-order valence-corrected chi connectivity index (χ2v) is 7.70. The van der Waals surface area contributed by atoms with E-state index in [0.717, 1.165) is 29.2 Å². The molecule has 0 spiro atoms. The lowest BCUT2D eigenvalue weighted by Crippen LogP contribution is -2.48. The Morgan fingerprint density at radius 2 is 2.00 bits per heavy atom. The standard InChI is InChI=1S/C20H28N5/c1-16-7-6-10-19-18(16)11-13-25(19,14-12-20-21-23-24-22-20)15-17-8-4-2-3-5-9-17/h6-7,10-11,13,17H,2-5,8-9,12,14-15H2,1H3,(H,21,22,23,24)/q+1. The number of rotatable bonds is 5. The van der Waals surface area contributed by atoms with Crippen molar-refractivity contribution in [2.75, 3.05) is 13.1 Å². The van der Waals surface area contributed by atoms with Crippen LogP contribution in [0.3, 0.4) is 0 Å². The molecule has 132 valence electrons. The second-order valence-electron chi connectivity index (χ2n) is 7.70. The molecule has 1 aromatic heterocycles. The number of aryl methyl sites for hydroxylation is 1. The van der Waals surface area contributed by atoms with Crippen LogP contribution in [0.25, 0.3) is 6.08 Å². The summed E-state index contributed by atoms with van der Waals surface area (Å²) < 4.78 is 0.941. The number of tetrazole rings is 1. The molecule has 1 N–H and O–H groups in total. The van der Waals surface area contributed by atoms with Crippen LogP contribution in [0.2, 0.25) is 0 Å². The highest BCUT2D eigenvalue weighted by atomic mass is 15.5.